The molecule has 144 valence electrons. The number of ether oxygens (including phenoxy) is 1. The van der Waals surface area contributed by atoms with Gasteiger partial charge in [0.15, 0.2) is 6.10 Å². The Morgan fingerprint density at radius 3 is 2.41 bits per heavy atom. The Morgan fingerprint density at radius 2 is 1.81 bits per heavy atom. The fourth-order valence-corrected chi connectivity index (χ4v) is 3.10. The Balaban J connectivity index is 2.14. The van der Waals surface area contributed by atoms with Gasteiger partial charge in [0.05, 0.1) is 21.2 Å². The van der Waals surface area contributed by atoms with Crippen molar-refractivity contribution in [3.8, 4) is 0 Å². The number of carbonyl (C=O) groups is 2. The fourth-order valence-electron chi connectivity index (χ4n) is 2.10. The highest BCUT2D eigenvalue weighted by atomic mass is 35.5. The average molecular weight is 431 g/mol. The Labute approximate surface area is 166 Å². The Morgan fingerprint density at radius 1 is 1.15 bits per heavy atom. The first kappa shape index (κ1) is 21.2. The SMILES string of the molecule is Cc1ccc(S(N)(=O)=O)cc1C(=O)OC(C)C(=O)Nc1ccc(Cl)cc1Cl. The zero-order valence-corrected chi connectivity index (χ0v) is 16.7. The first-order valence-electron chi connectivity index (χ1n) is 7.59. The molecule has 0 spiro atoms. The van der Waals surface area contributed by atoms with Gasteiger partial charge < -0.3 is 10.1 Å². The highest BCUT2D eigenvalue weighted by molar-refractivity contribution is 7.89. The number of rotatable bonds is 5. The van der Waals surface area contributed by atoms with Crippen LogP contribution in [0.4, 0.5) is 5.69 Å². The van der Waals surface area contributed by atoms with Crippen LogP contribution in [0.3, 0.4) is 0 Å². The van der Waals surface area contributed by atoms with Crippen LogP contribution in [0.1, 0.15) is 22.8 Å². The third-order valence-electron chi connectivity index (χ3n) is 3.60. The number of benzene rings is 2. The summed E-state index contributed by atoms with van der Waals surface area (Å²) in [6, 6.07) is 8.32. The normalized spacial score (nSPS) is 12.3. The molecule has 0 radical (unpaired) electrons. The quantitative estimate of drug-likeness (QED) is 0.706. The monoisotopic (exact) mass is 430 g/mol. The minimum absolute atomic E-state index is 0.00861. The molecule has 2 aromatic rings. The summed E-state index contributed by atoms with van der Waals surface area (Å²) in [5.74, 6) is -1.48. The van der Waals surface area contributed by atoms with Crippen LogP contribution >= 0.6 is 23.2 Å². The predicted octanol–water partition coefficient (Wildman–Crippen LogP) is 3.13. The van der Waals surface area contributed by atoms with Crippen molar-refractivity contribution < 1.29 is 22.7 Å². The van der Waals surface area contributed by atoms with Crippen molar-refractivity contribution in [2.75, 3.05) is 5.32 Å². The maximum absolute atomic E-state index is 12.3. The summed E-state index contributed by atoms with van der Waals surface area (Å²) < 4.78 is 28.0. The fraction of sp³-hybridized carbons (Fsp3) is 0.176. The lowest BCUT2D eigenvalue weighted by atomic mass is 10.1. The number of nitrogens with two attached hydrogens (primary N) is 1. The van der Waals surface area contributed by atoms with Gasteiger partial charge in [-0.1, -0.05) is 29.3 Å². The largest absolute Gasteiger partial charge is 0.449 e. The number of hydrogen-bond donors (Lipinski definition) is 2. The van der Waals surface area contributed by atoms with Crippen LogP contribution in [-0.4, -0.2) is 26.4 Å². The minimum atomic E-state index is -3.98. The Bertz CT molecular complexity index is 1010. The summed E-state index contributed by atoms with van der Waals surface area (Å²) in [7, 11) is -3.98. The zero-order chi connectivity index (χ0) is 20.4. The third kappa shape index (κ3) is 5.43. The van der Waals surface area contributed by atoms with Gasteiger partial charge in [0.25, 0.3) is 5.91 Å². The van der Waals surface area contributed by atoms with Gasteiger partial charge in [-0.2, -0.15) is 0 Å². The molecule has 7 nitrogen and oxygen atoms in total. The van der Waals surface area contributed by atoms with Crippen molar-refractivity contribution in [1.82, 2.24) is 0 Å². The molecule has 2 rings (SSSR count). The molecule has 0 heterocycles. The van der Waals surface area contributed by atoms with Crippen molar-refractivity contribution >= 4 is 50.8 Å². The highest BCUT2D eigenvalue weighted by Crippen LogP contribution is 2.25. The summed E-state index contributed by atoms with van der Waals surface area (Å²) in [4.78, 5) is 24.3. The maximum atomic E-state index is 12.3. The van der Waals surface area contributed by atoms with Gasteiger partial charge >= 0.3 is 5.97 Å². The molecular weight excluding hydrogens is 415 g/mol. The van der Waals surface area contributed by atoms with Gasteiger partial charge in [0, 0.05) is 5.02 Å². The van der Waals surface area contributed by atoms with Crippen LogP contribution in [0.25, 0.3) is 0 Å². The summed E-state index contributed by atoms with van der Waals surface area (Å²) in [6.07, 6.45) is -1.17. The van der Waals surface area contributed by atoms with Crippen molar-refractivity contribution in [3.05, 3.63) is 57.6 Å². The van der Waals surface area contributed by atoms with Crippen LogP contribution in [-0.2, 0) is 19.6 Å². The smallest absolute Gasteiger partial charge is 0.339 e. The molecule has 0 aromatic heterocycles. The predicted molar refractivity (Wildman–Crippen MR) is 103 cm³/mol. The van der Waals surface area contributed by atoms with Crippen LogP contribution in [0, 0.1) is 6.92 Å². The van der Waals surface area contributed by atoms with Crippen molar-refractivity contribution in [1.29, 1.82) is 0 Å². The number of sulfonamides is 1. The Hall–Kier alpha value is -2.13. The number of esters is 1. The van der Waals surface area contributed by atoms with Gasteiger partial charge in [0.1, 0.15) is 0 Å². The number of anilines is 1. The summed E-state index contributed by atoms with van der Waals surface area (Å²) in [5, 5.41) is 8.22. The van der Waals surface area contributed by atoms with E-state index in [0.29, 0.717) is 16.3 Å². The molecule has 0 saturated carbocycles. The molecule has 0 aliphatic carbocycles. The number of aryl methyl sites for hydroxylation is 1. The standard InChI is InChI=1S/C17H16Cl2N2O5S/c1-9-3-5-12(27(20,24)25)8-13(9)17(23)26-10(2)16(22)21-15-6-4-11(18)7-14(15)19/h3-8,10H,1-2H3,(H,21,22)(H2,20,24,25). The van der Waals surface area contributed by atoms with Crippen molar-refractivity contribution in [2.45, 2.75) is 24.8 Å². The first-order valence-corrected chi connectivity index (χ1v) is 9.89. The molecule has 0 fully saturated rings. The van der Waals surface area contributed by atoms with Gasteiger partial charge in [-0.05, 0) is 49.7 Å². The van der Waals surface area contributed by atoms with Crippen molar-refractivity contribution in [3.63, 3.8) is 0 Å². The van der Waals surface area contributed by atoms with E-state index in [1.54, 1.807) is 13.0 Å². The molecule has 10 heteroatoms. The van der Waals surface area contributed by atoms with Crippen LogP contribution < -0.4 is 10.5 Å². The topological polar surface area (TPSA) is 116 Å². The van der Waals surface area contributed by atoms with Gasteiger partial charge in [-0.25, -0.2) is 18.4 Å². The van der Waals surface area contributed by atoms with E-state index in [-0.39, 0.29) is 15.5 Å². The van der Waals surface area contributed by atoms with Crippen LogP contribution in [0.15, 0.2) is 41.3 Å². The van der Waals surface area contributed by atoms with Crippen LogP contribution in [0.5, 0.6) is 0 Å². The molecule has 0 bridgehead atoms. The van der Waals surface area contributed by atoms with Crippen LogP contribution in [0.2, 0.25) is 10.0 Å². The van der Waals surface area contributed by atoms with Crippen molar-refractivity contribution in [2.24, 2.45) is 5.14 Å². The van der Waals surface area contributed by atoms with E-state index >= 15 is 0 Å². The molecule has 0 saturated heterocycles. The molecule has 3 N–H and O–H groups in total. The zero-order valence-electron chi connectivity index (χ0n) is 14.3. The van der Waals surface area contributed by atoms with Gasteiger partial charge in [0.2, 0.25) is 10.0 Å². The molecule has 1 amide bonds. The van der Waals surface area contributed by atoms with E-state index in [4.69, 9.17) is 33.1 Å². The Kier molecular flexibility index (Phi) is 6.48. The lowest BCUT2D eigenvalue weighted by Crippen LogP contribution is -2.30. The average Bonchev–Trinajstić information content (AvgIpc) is 2.56. The third-order valence-corrected chi connectivity index (χ3v) is 5.06. The number of carbonyl (C=O) groups excluding carboxylic acids is 2. The number of primary sulfonamides is 1. The van der Waals surface area contributed by atoms with E-state index in [9.17, 15) is 18.0 Å². The first-order chi connectivity index (χ1) is 12.5. The molecular formula is C17H16Cl2N2O5S. The van der Waals surface area contributed by atoms with E-state index < -0.39 is 28.0 Å². The molecule has 0 aliphatic heterocycles. The second kappa shape index (κ2) is 8.26. The molecule has 1 atom stereocenters. The molecule has 27 heavy (non-hydrogen) atoms. The van der Waals surface area contributed by atoms with E-state index in [0.717, 1.165) is 6.07 Å². The van der Waals surface area contributed by atoms with E-state index in [1.807, 2.05) is 0 Å². The lowest BCUT2D eigenvalue weighted by molar-refractivity contribution is -0.123. The molecule has 2 aromatic carbocycles. The second-order valence-electron chi connectivity index (χ2n) is 5.68. The second-order valence-corrected chi connectivity index (χ2v) is 8.09. The minimum Gasteiger partial charge on any atom is -0.449 e. The number of nitrogens with one attached hydrogen (secondary N) is 1. The highest BCUT2D eigenvalue weighted by Gasteiger charge is 2.22. The summed E-state index contributed by atoms with van der Waals surface area (Å²) in [6.45, 7) is 2.97. The number of halogens is 2. The molecule has 1 unspecified atom stereocenters. The summed E-state index contributed by atoms with van der Waals surface area (Å²) >= 11 is 11.8. The van der Waals surface area contributed by atoms with Gasteiger partial charge in [-0.3, -0.25) is 4.79 Å². The maximum Gasteiger partial charge on any atom is 0.339 e. The number of amides is 1. The van der Waals surface area contributed by atoms with Gasteiger partial charge in [-0.15, -0.1) is 0 Å². The lowest BCUT2D eigenvalue weighted by Gasteiger charge is -2.15. The van der Waals surface area contributed by atoms with E-state index in [2.05, 4.69) is 5.32 Å². The van der Waals surface area contributed by atoms with E-state index in [1.165, 1.54) is 31.2 Å². The molecule has 0 aliphatic rings. The number of hydrogen-bond acceptors (Lipinski definition) is 5. The summed E-state index contributed by atoms with van der Waals surface area (Å²) in [5.41, 5.74) is 0.771.